The van der Waals surface area contributed by atoms with Crippen molar-refractivity contribution >= 4 is 108 Å². The smallest absolute Gasteiger partial charge is 0.000718 e. The molecule has 0 nitrogen and oxygen atoms in total. The Kier molecular flexibility index (Phi) is 12.0. The normalized spacial score (nSPS) is 12.6. The van der Waals surface area contributed by atoms with Gasteiger partial charge in [-0.2, -0.15) is 0 Å². The molecule has 0 aliphatic heterocycles. The minimum absolute atomic E-state index is 0.374. The van der Waals surface area contributed by atoms with Gasteiger partial charge in [-0.05, 0) is 261 Å². The summed E-state index contributed by atoms with van der Waals surface area (Å²) in [6, 6.07) is 99.1. The average Bonchev–Trinajstić information content (AvgIpc) is 1.49. The third-order valence-electron chi connectivity index (χ3n) is 22.0. The highest BCUT2D eigenvalue weighted by atomic mass is 14.3. The largest absolute Gasteiger partial charge is 0.0622 e. The molecule has 0 atom stereocenters. The second kappa shape index (κ2) is 20.4. The molecule has 18 aromatic rings. The highest BCUT2D eigenvalue weighted by Gasteiger charge is 2.32. The maximum absolute atomic E-state index is 2.62. The lowest BCUT2D eigenvalue weighted by Crippen LogP contribution is -2.00. The Morgan fingerprint density at radius 2 is 0.521 bits per heavy atom. The lowest BCUT2D eigenvalue weighted by molar-refractivity contribution is 0.838. The molecule has 0 heteroatoms. The van der Waals surface area contributed by atoms with Crippen molar-refractivity contribution in [1.82, 2.24) is 0 Å². The Morgan fingerprint density at radius 3 is 1.02 bits per heavy atom. The Hall–Kier alpha value is -10.7. The van der Waals surface area contributed by atoms with Crippen molar-refractivity contribution in [3.05, 3.63) is 277 Å². The summed E-state index contributed by atoms with van der Waals surface area (Å²) >= 11 is 0. The zero-order valence-corrected chi connectivity index (χ0v) is 54.6. The first-order valence-electron chi connectivity index (χ1n) is 34.2. The minimum atomic E-state index is 0.374. The minimum Gasteiger partial charge on any atom is -0.0622 e. The maximum atomic E-state index is 2.62. The summed E-state index contributed by atoms with van der Waals surface area (Å²) in [6.45, 7) is 18.7. The van der Waals surface area contributed by atoms with Gasteiger partial charge in [0.15, 0.2) is 0 Å². The first-order valence-corrected chi connectivity index (χ1v) is 34.2. The van der Waals surface area contributed by atoms with Crippen molar-refractivity contribution in [2.75, 3.05) is 0 Å². The van der Waals surface area contributed by atoms with Gasteiger partial charge in [0.05, 0.1) is 0 Å². The van der Waals surface area contributed by atoms with Gasteiger partial charge in [0.2, 0.25) is 0 Å². The molecular weight excluding hydrogens is 1130 g/mol. The quantitative estimate of drug-likeness (QED) is 0.0946. The maximum Gasteiger partial charge on any atom is -0.000718 e. The van der Waals surface area contributed by atoms with E-state index in [2.05, 4.69) is 310 Å². The molecule has 0 aromatic heterocycles. The molecule has 0 saturated carbocycles. The van der Waals surface area contributed by atoms with Crippen LogP contribution in [-0.2, 0) is 0 Å². The zero-order valence-electron chi connectivity index (χ0n) is 54.6. The molecule has 0 fully saturated rings. The van der Waals surface area contributed by atoms with Gasteiger partial charge in [0, 0.05) is 0 Å². The third-order valence-corrected chi connectivity index (χ3v) is 22.0. The molecule has 94 heavy (non-hydrogen) atoms. The van der Waals surface area contributed by atoms with E-state index in [4.69, 9.17) is 0 Å². The molecule has 446 valence electrons. The van der Waals surface area contributed by atoms with Gasteiger partial charge in [-0.1, -0.05) is 292 Å². The van der Waals surface area contributed by atoms with Crippen LogP contribution in [0.25, 0.3) is 197 Å². The first-order chi connectivity index (χ1) is 46.0. The van der Waals surface area contributed by atoms with Crippen LogP contribution in [0.2, 0.25) is 0 Å². The molecule has 1 aliphatic carbocycles. The third kappa shape index (κ3) is 7.57. The van der Waals surface area contributed by atoms with Crippen molar-refractivity contribution in [3.63, 3.8) is 0 Å². The Labute approximate surface area is 549 Å². The van der Waals surface area contributed by atoms with Crippen molar-refractivity contribution in [2.24, 2.45) is 0 Å². The average molecular weight is 1200 g/mol. The number of benzene rings is 16. The lowest BCUT2D eigenvalue weighted by Gasteiger charge is -2.21. The summed E-state index contributed by atoms with van der Waals surface area (Å²) < 4.78 is 0. The highest BCUT2D eigenvalue weighted by molar-refractivity contribution is 6.48. The fraction of sp³-hybridized carbons (Fsp3) is 0.128. The standard InChI is InChI=1S/C94H70/c1-51(2)58-30-19-31-59(52(3)4)84(58)57-36-37-64-69-38-40-71-73-44-46-78-92-77(47-45-74(89(73)92)72-41-43-76(79(64)48-57)87(69)88(71)72)93-90(65-28-17-15-26-62(65)55-22-11-9-12-23-55)82-49-80-68-35-21-34-67-70(85-60(53(5)6)32-20-33-61(85)54(7)8)39-42-75(86(67)68)81(80)50-83(82)91(94(78)93)66-29-18-16-27-63(66)56-24-13-10-14-25-56/h9-54H,1-8H3. The molecule has 0 amide bonds. The molecule has 0 unspecified atom stereocenters. The summed E-state index contributed by atoms with van der Waals surface area (Å²) in [5.41, 5.74) is 26.3. The molecule has 0 heterocycles. The van der Waals surface area contributed by atoms with E-state index in [0.717, 1.165) is 0 Å². The number of hydrogen-bond donors (Lipinski definition) is 0. The predicted molar refractivity (Wildman–Crippen MR) is 408 cm³/mol. The summed E-state index contributed by atoms with van der Waals surface area (Å²) in [5, 5.41) is 26.3. The van der Waals surface area contributed by atoms with Gasteiger partial charge < -0.3 is 0 Å². The van der Waals surface area contributed by atoms with Gasteiger partial charge in [0.1, 0.15) is 0 Å². The van der Waals surface area contributed by atoms with Crippen LogP contribution in [-0.4, -0.2) is 0 Å². The highest BCUT2D eigenvalue weighted by Crippen LogP contribution is 2.59. The van der Waals surface area contributed by atoms with Crippen molar-refractivity contribution in [1.29, 1.82) is 0 Å². The number of hydrogen-bond acceptors (Lipinski definition) is 0. The summed E-state index contributed by atoms with van der Waals surface area (Å²) in [5.74, 6) is 1.57. The van der Waals surface area contributed by atoms with Crippen LogP contribution < -0.4 is 0 Å². The second-order valence-corrected chi connectivity index (χ2v) is 28.3. The van der Waals surface area contributed by atoms with E-state index in [1.54, 1.807) is 0 Å². The SMILES string of the molecule is CC(C)c1cccc(C(C)C)c1-c1ccc2c(c1)-c1ccc3c4ccc5c6c(-c7ccccc7-c7ccccc7)c7cc8c(cc7c(-c7ccccc7-c7ccccc7)c6c6ccc(c7ccc-2c1c37)c4c56)c1ccc(-c2c(C(C)C)cccc2C(C)C)c2cccc8c21. The summed E-state index contributed by atoms with van der Waals surface area (Å²) in [7, 11) is 0. The van der Waals surface area contributed by atoms with Gasteiger partial charge in [0.25, 0.3) is 0 Å². The van der Waals surface area contributed by atoms with Crippen LogP contribution in [0.1, 0.15) is 101 Å². The van der Waals surface area contributed by atoms with Crippen LogP contribution in [0.4, 0.5) is 0 Å². The fourth-order valence-electron chi connectivity index (χ4n) is 17.9. The van der Waals surface area contributed by atoms with E-state index < -0.39 is 0 Å². The molecule has 0 saturated heterocycles. The summed E-state index contributed by atoms with van der Waals surface area (Å²) in [6.07, 6.45) is 0. The zero-order chi connectivity index (χ0) is 63.1. The van der Waals surface area contributed by atoms with Gasteiger partial charge in [-0.15, -0.1) is 0 Å². The number of fused-ring (bicyclic) bond motifs is 12. The molecule has 19 rings (SSSR count). The Balaban J connectivity index is 0.952. The second-order valence-electron chi connectivity index (χ2n) is 28.3. The van der Waals surface area contributed by atoms with E-state index in [0.29, 0.717) is 23.7 Å². The van der Waals surface area contributed by atoms with Gasteiger partial charge in [-0.3, -0.25) is 0 Å². The van der Waals surface area contributed by atoms with E-state index in [9.17, 15) is 0 Å². The molecule has 0 bridgehead atoms. The van der Waals surface area contributed by atoms with E-state index in [-0.39, 0.29) is 0 Å². The Morgan fingerprint density at radius 1 is 0.160 bits per heavy atom. The number of rotatable bonds is 10. The van der Waals surface area contributed by atoms with Crippen molar-refractivity contribution in [3.8, 4) is 89.0 Å². The molecule has 0 spiro atoms. The fourth-order valence-corrected chi connectivity index (χ4v) is 17.9. The molecule has 0 radical (unpaired) electrons. The van der Waals surface area contributed by atoms with Crippen molar-refractivity contribution in [2.45, 2.75) is 79.1 Å². The molecule has 1 aliphatic rings. The lowest BCUT2D eigenvalue weighted by atomic mass is 9.82. The predicted octanol–water partition coefficient (Wildman–Crippen LogP) is 27.7. The molecule has 18 aromatic carbocycles. The van der Waals surface area contributed by atoms with Crippen LogP contribution in [0.5, 0.6) is 0 Å². The Bertz CT molecular complexity index is 5930. The van der Waals surface area contributed by atoms with Crippen LogP contribution in [0, 0.1) is 0 Å². The molecule has 0 N–H and O–H groups in total. The van der Waals surface area contributed by atoms with Crippen molar-refractivity contribution < 1.29 is 0 Å². The first kappa shape index (κ1) is 55.0. The van der Waals surface area contributed by atoms with Gasteiger partial charge in [-0.25, -0.2) is 0 Å². The topological polar surface area (TPSA) is 0 Å². The summed E-state index contributed by atoms with van der Waals surface area (Å²) in [4.78, 5) is 0. The van der Waals surface area contributed by atoms with E-state index in [1.165, 1.54) is 219 Å². The van der Waals surface area contributed by atoms with Crippen LogP contribution in [0.15, 0.2) is 255 Å². The van der Waals surface area contributed by atoms with Crippen LogP contribution >= 0.6 is 0 Å². The van der Waals surface area contributed by atoms with E-state index >= 15 is 0 Å². The van der Waals surface area contributed by atoms with E-state index in [1.807, 2.05) is 0 Å². The van der Waals surface area contributed by atoms with Crippen LogP contribution in [0.3, 0.4) is 0 Å². The van der Waals surface area contributed by atoms with Gasteiger partial charge >= 0.3 is 0 Å². The monoisotopic (exact) mass is 1200 g/mol. The molecular formula is C94H70.